The van der Waals surface area contributed by atoms with Gasteiger partial charge in [-0.2, -0.15) is 0 Å². The van der Waals surface area contributed by atoms with Gasteiger partial charge in [0.1, 0.15) is 12.2 Å². The lowest BCUT2D eigenvalue weighted by molar-refractivity contribution is -0.147. The smallest absolute Gasteiger partial charge is 0.344 e. The number of carbonyl (C=O) groups is 1. The fraction of sp³-hybridized carbons (Fsp3) is 0.316. The lowest BCUT2D eigenvalue weighted by Crippen LogP contribution is -2.24. The monoisotopic (exact) mass is 380 g/mol. The largest absolute Gasteiger partial charge is 0.483 e. The maximum atomic E-state index is 12.0. The number of halogens is 2. The second kappa shape index (κ2) is 7.14. The predicted molar refractivity (Wildman–Crippen MR) is 96.6 cm³/mol. The summed E-state index contributed by atoms with van der Waals surface area (Å²) in [6.45, 7) is 3.80. The molecule has 0 spiro atoms. The lowest BCUT2D eigenvalue weighted by Gasteiger charge is -2.18. The van der Waals surface area contributed by atoms with Crippen LogP contribution in [0.4, 0.5) is 0 Å². The number of hydrogen-bond donors (Lipinski definition) is 0. The van der Waals surface area contributed by atoms with E-state index in [2.05, 4.69) is 0 Å². The molecule has 0 unspecified atom stereocenters. The second-order valence-corrected chi connectivity index (χ2v) is 7.25. The zero-order chi connectivity index (χ0) is 18.0. The van der Waals surface area contributed by atoms with Crippen LogP contribution in [-0.2, 0) is 22.6 Å². The molecule has 0 radical (unpaired) electrons. The van der Waals surface area contributed by atoms with E-state index in [1.807, 2.05) is 26.0 Å². The van der Waals surface area contributed by atoms with Gasteiger partial charge in [-0.25, -0.2) is 4.79 Å². The van der Waals surface area contributed by atoms with Crippen molar-refractivity contribution in [2.24, 2.45) is 0 Å². The maximum absolute atomic E-state index is 12.0. The third kappa shape index (κ3) is 4.20. The topological polar surface area (TPSA) is 44.8 Å². The minimum Gasteiger partial charge on any atom is -0.483 e. The summed E-state index contributed by atoms with van der Waals surface area (Å²) in [6.07, 6.45) is 0.801. The molecule has 0 saturated carbocycles. The summed E-state index contributed by atoms with van der Waals surface area (Å²) in [6, 6.07) is 10.8. The van der Waals surface area contributed by atoms with Crippen molar-refractivity contribution in [1.82, 2.24) is 0 Å². The van der Waals surface area contributed by atoms with Crippen LogP contribution in [0.3, 0.4) is 0 Å². The molecular weight excluding hydrogens is 363 g/mol. The van der Waals surface area contributed by atoms with E-state index in [-0.39, 0.29) is 18.8 Å². The van der Waals surface area contributed by atoms with Crippen LogP contribution in [0.5, 0.6) is 11.5 Å². The first-order chi connectivity index (χ1) is 11.9. The van der Waals surface area contributed by atoms with Crippen LogP contribution >= 0.6 is 23.2 Å². The number of fused-ring (bicyclic) bond motifs is 1. The number of para-hydroxylation sites is 1. The van der Waals surface area contributed by atoms with Crippen molar-refractivity contribution < 1.29 is 19.0 Å². The molecule has 0 bridgehead atoms. The Morgan fingerprint density at radius 2 is 1.84 bits per heavy atom. The fourth-order valence-electron chi connectivity index (χ4n) is 2.70. The number of carbonyl (C=O) groups excluding carboxylic acids is 1. The van der Waals surface area contributed by atoms with Gasteiger partial charge < -0.3 is 14.2 Å². The molecule has 3 rings (SSSR count). The Balaban J connectivity index is 1.58. The van der Waals surface area contributed by atoms with Crippen LogP contribution < -0.4 is 9.47 Å². The van der Waals surface area contributed by atoms with Crippen molar-refractivity contribution in [3.05, 3.63) is 57.6 Å². The van der Waals surface area contributed by atoms with Crippen LogP contribution in [0.2, 0.25) is 10.0 Å². The van der Waals surface area contributed by atoms with Crippen molar-refractivity contribution >= 4 is 29.2 Å². The molecule has 6 heteroatoms. The quantitative estimate of drug-likeness (QED) is 0.696. The molecule has 0 saturated heterocycles. The Morgan fingerprint density at radius 1 is 1.16 bits per heavy atom. The van der Waals surface area contributed by atoms with E-state index in [0.717, 1.165) is 12.0 Å². The Kier molecular flexibility index (Phi) is 5.11. The van der Waals surface area contributed by atoms with Gasteiger partial charge in [0.15, 0.2) is 18.1 Å². The van der Waals surface area contributed by atoms with Gasteiger partial charge in [0.25, 0.3) is 0 Å². The van der Waals surface area contributed by atoms with E-state index in [4.69, 9.17) is 37.4 Å². The highest BCUT2D eigenvalue weighted by Crippen LogP contribution is 2.41. The van der Waals surface area contributed by atoms with E-state index in [1.54, 1.807) is 24.3 Å². The number of ether oxygens (including phenoxy) is 3. The van der Waals surface area contributed by atoms with Crippen LogP contribution in [-0.4, -0.2) is 18.2 Å². The van der Waals surface area contributed by atoms with E-state index < -0.39 is 5.97 Å². The normalized spacial score (nSPS) is 14.6. The standard InChI is InChI=1S/C19H18Cl2O4/c1-19(2)9-12-5-3-8-16(18(12)25-19)23-11-17(22)24-10-13-14(20)6-4-7-15(13)21/h3-8H,9-11H2,1-2H3. The van der Waals surface area contributed by atoms with E-state index in [1.165, 1.54) is 0 Å². The van der Waals surface area contributed by atoms with Gasteiger partial charge in [0.05, 0.1) is 0 Å². The Hall–Kier alpha value is -1.91. The zero-order valence-electron chi connectivity index (χ0n) is 14.0. The molecule has 132 valence electrons. The molecule has 0 amide bonds. The molecule has 2 aromatic rings. The van der Waals surface area contributed by atoms with Gasteiger partial charge in [-0.15, -0.1) is 0 Å². The minimum absolute atomic E-state index is 0.00285. The first-order valence-corrected chi connectivity index (χ1v) is 8.63. The summed E-state index contributed by atoms with van der Waals surface area (Å²) in [7, 11) is 0. The first kappa shape index (κ1) is 17.9. The van der Waals surface area contributed by atoms with Crippen molar-refractivity contribution in [2.75, 3.05) is 6.61 Å². The highest BCUT2D eigenvalue weighted by Gasteiger charge is 2.32. The SMILES string of the molecule is CC1(C)Cc2cccc(OCC(=O)OCc3c(Cl)cccc3Cl)c2O1. The number of esters is 1. The predicted octanol–water partition coefficient (Wildman–Crippen LogP) is 4.83. The number of benzene rings is 2. The molecule has 2 aromatic carbocycles. The number of rotatable bonds is 5. The second-order valence-electron chi connectivity index (χ2n) is 6.43. The van der Waals surface area contributed by atoms with Gasteiger partial charge in [-0.05, 0) is 32.0 Å². The third-order valence-corrected chi connectivity index (χ3v) is 4.55. The number of hydrogen-bond acceptors (Lipinski definition) is 4. The van der Waals surface area contributed by atoms with Gasteiger partial charge in [-0.3, -0.25) is 0 Å². The summed E-state index contributed by atoms with van der Waals surface area (Å²) >= 11 is 12.1. The van der Waals surface area contributed by atoms with Gasteiger partial charge in [0, 0.05) is 27.6 Å². The molecule has 0 atom stereocenters. The summed E-state index contributed by atoms with van der Waals surface area (Å²) in [5.74, 6) is 0.719. The molecule has 0 fully saturated rings. The molecule has 0 aromatic heterocycles. The molecule has 0 aliphatic carbocycles. The van der Waals surface area contributed by atoms with Crippen molar-refractivity contribution in [3.8, 4) is 11.5 Å². The molecule has 4 nitrogen and oxygen atoms in total. The average molecular weight is 381 g/mol. The summed E-state index contributed by atoms with van der Waals surface area (Å²) in [5.41, 5.74) is 1.37. The molecular formula is C19H18Cl2O4. The molecule has 1 aliphatic heterocycles. The third-order valence-electron chi connectivity index (χ3n) is 3.84. The molecule has 1 aliphatic rings. The summed E-state index contributed by atoms with van der Waals surface area (Å²) < 4.78 is 16.7. The van der Waals surface area contributed by atoms with Crippen LogP contribution in [0.15, 0.2) is 36.4 Å². The Morgan fingerprint density at radius 3 is 2.56 bits per heavy atom. The zero-order valence-corrected chi connectivity index (χ0v) is 15.5. The van der Waals surface area contributed by atoms with Crippen molar-refractivity contribution in [1.29, 1.82) is 0 Å². The van der Waals surface area contributed by atoms with Gasteiger partial charge >= 0.3 is 5.97 Å². The van der Waals surface area contributed by atoms with E-state index in [0.29, 0.717) is 27.1 Å². The van der Waals surface area contributed by atoms with Crippen molar-refractivity contribution in [3.63, 3.8) is 0 Å². The molecule has 25 heavy (non-hydrogen) atoms. The lowest BCUT2D eigenvalue weighted by atomic mass is 10.0. The van der Waals surface area contributed by atoms with E-state index >= 15 is 0 Å². The fourth-order valence-corrected chi connectivity index (χ4v) is 3.21. The first-order valence-electron chi connectivity index (χ1n) is 7.88. The summed E-state index contributed by atoms with van der Waals surface area (Å²) in [5, 5.41) is 0.912. The highest BCUT2D eigenvalue weighted by molar-refractivity contribution is 6.35. The highest BCUT2D eigenvalue weighted by atomic mass is 35.5. The Labute approximate surface area is 156 Å². The van der Waals surface area contributed by atoms with Crippen LogP contribution in [0.1, 0.15) is 25.0 Å². The summed E-state index contributed by atoms with van der Waals surface area (Å²) in [4.78, 5) is 12.0. The average Bonchev–Trinajstić information content (AvgIpc) is 2.86. The van der Waals surface area contributed by atoms with Crippen LogP contribution in [0.25, 0.3) is 0 Å². The molecule has 1 heterocycles. The van der Waals surface area contributed by atoms with Gasteiger partial charge in [0.2, 0.25) is 0 Å². The maximum Gasteiger partial charge on any atom is 0.344 e. The van der Waals surface area contributed by atoms with Crippen molar-refractivity contribution in [2.45, 2.75) is 32.5 Å². The minimum atomic E-state index is -0.508. The van der Waals surface area contributed by atoms with Gasteiger partial charge in [-0.1, -0.05) is 41.4 Å². The van der Waals surface area contributed by atoms with Crippen LogP contribution in [0, 0.1) is 0 Å². The molecule has 0 N–H and O–H groups in total. The Bertz CT molecular complexity index is 782. The van der Waals surface area contributed by atoms with E-state index in [9.17, 15) is 4.79 Å².